The maximum absolute atomic E-state index is 12.1. The van der Waals surface area contributed by atoms with Crippen LogP contribution in [0.3, 0.4) is 0 Å². The smallest absolute Gasteiger partial charge is 0.338 e. The van der Waals surface area contributed by atoms with E-state index in [0.717, 1.165) is 29.2 Å². The van der Waals surface area contributed by atoms with Crippen molar-refractivity contribution < 1.29 is 14.7 Å². The maximum atomic E-state index is 12.1. The average molecular weight is 400 g/mol. The quantitative estimate of drug-likeness (QED) is 0.556. The molecule has 0 radical (unpaired) electrons. The molecule has 28 heavy (non-hydrogen) atoms. The minimum absolute atomic E-state index is 0.0909. The predicted octanol–water partition coefficient (Wildman–Crippen LogP) is 2.19. The molecule has 3 rings (SSSR count). The first-order valence-electron chi connectivity index (χ1n) is 8.77. The van der Waals surface area contributed by atoms with Crippen molar-refractivity contribution in [2.75, 3.05) is 6.54 Å². The number of carboxylic acid groups (broad SMARTS) is 1. The highest BCUT2D eigenvalue weighted by atomic mass is 32.1. The first-order chi connectivity index (χ1) is 13.5. The molecule has 146 valence electrons. The molecule has 0 saturated heterocycles. The number of nitrogens with one attached hydrogen (secondary N) is 1. The summed E-state index contributed by atoms with van der Waals surface area (Å²) in [5, 5.41) is 21.1. The zero-order valence-corrected chi connectivity index (χ0v) is 16.4. The van der Waals surface area contributed by atoms with E-state index in [-0.39, 0.29) is 11.5 Å². The van der Waals surface area contributed by atoms with Crippen LogP contribution in [0.4, 0.5) is 0 Å². The first kappa shape index (κ1) is 19.6. The normalized spacial score (nSPS) is 10.8. The number of pyridine rings is 1. The van der Waals surface area contributed by atoms with Gasteiger partial charge in [-0.15, -0.1) is 16.4 Å². The van der Waals surface area contributed by atoms with Crippen molar-refractivity contribution in [2.45, 2.75) is 33.1 Å². The van der Waals surface area contributed by atoms with Gasteiger partial charge in [0.1, 0.15) is 4.88 Å². The van der Waals surface area contributed by atoms with Crippen LogP contribution < -0.4 is 5.32 Å². The van der Waals surface area contributed by atoms with Crippen LogP contribution in [-0.2, 0) is 6.42 Å². The standard InChI is InChI=1S/C18H20N6O3S/c1-11-16(28-12(2)21-11)17(25)20-7-4-3-5-13-10-24(23-22-13)15-9-19-8-6-14(15)18(26)27/h6,8-10H,3-5,7H2,1-2H3,(H,20,25)(H,26,27). The lowest BCUT2D eigenvalue weighted by molar-refractivity contribution is 0.0696. The maximum Gasteiger partial charge on any atom is 0.338 e. The van der Waals surface area contributed by atoms with E-state index in [1.165, 1.54) is 34.5 Å². The number of carboxylic acids is 1. The molecule has 3 heterocycles. The van der Waals surface area contributed by atoms with Gasteiger partial charge in [0.25, 0.3) is 5.91 Å². The van der Waals surface area contributed by atoms with E-state index < -0.39 is 5.97 Å². The van der Waals surface area contributed by atoms with Crippen molar-refractivity contribution >= 4 is 23.2 Å². The van der Waals surface area contributed by atoms with Gasteiger partial charge in [0.15, 0.2) is 0 Å². The Balaban J connectivity index is 1.48. The number of nitrogens with zero attached hydrogens (tertiary/aromatic N) is 5. The highest BCUT2D eigenvalue weighted by Crippen LogP contribution is 2.17. The van der Waals surface area contributed by atoms with E-state index in [1.54, 1.807) is 6.20 Å². The Kier molecular flexibility index (Phi) is 6.09. The molecule has 2 N–H and O–H groups in total. The Hall–Kier alpha value is -3.14. The summed E-state index contributed by atoms with van der Waals surface area (Å²) in [5.74, 6) is -1.14. The molecule has 0 aromatic carbocycles. The second-order valence-electron chi connectivity index (χ2n) is 6.21. The number of carbonyl (C=O) groups is 2. The third-order valence-electron chi connectivity index (χ3n) is 4.07. The number of unbranched alkanes of at least 4 members (excludes halogenated alkanes) is 1. The number of aromatic nitrogens is 5. The van der Waals surface area contributed by atoms with Gasteiger partial charge in [0.2, 0.25) is 0 Å². The molecular weight excluding hydrogens is 380 g/mol. The summed E-state index contributed by atoms with van der Waals surface area (Å²) in [5.41, 5.74) is 1.99. The van der Waals surface area contributed by atoms with Crippen molar-refractivity contribution in [2.24, 2.45) is 0 Å². The molecule has 0 aliphatic rings. The zero-order valence-electron chi connectivity index (χ0n) is 15.5. The summed E-state index contributed by atoms with van der Waals surface area (Å²) >= 11 is 1.40. The Morgan fingerprint density at radius 2 is 2.11 bits per heavy atom. The molecule has 0 saturated carbocycles. The van der Waals surface area contributed by atoms with Crippen LogP contribution in [0.1, 0.15) is 49.3 Å². The Morgan fingerprint density at radius 3 is 2.82 bits per heavy atom. The summed E-state index contributed by atoms with van der Waals surface area (Å²) in [6.45, 7) is 4.28. The fourth-order valence-electron chi connectivity index (χ4n) is 2.74. The number of amides is 1. The number of thiazole rings is 1. The fourth-order valence-corrected chi connectivity index (χ4v) is 3.57. The number of hydrogen-bond acceptors (Lipinski definition) is 7. The van der Waals surface area contributed by atoms with Crippen LogP contribution in [-0.4, -0.2) is 48.5 Å². The number of carbonyl (C=O) groups excluding carboxylic acids is 1. The summed E-state index contributed by atoms with van der Waals surface area (Å²) in [4.78, 5) is 32.3. The van der Waals surface area contributed by atoms with E-state index in [2.05, 4.69) is 25.6 Å². The van der Waals surface area contributed by atoms with Crippen LogP contribution in [0.2, 0.25) is 0 Å². The Labute approximate surface area is 165 Å². The lowest BCUT2D eigenvalue weighted by Gasteiger charge is -2.04. The topological polar surface area (TPSA) is 123 Å². The van der Waals surface area contributed by atoms with Crippen molar-refractivity contribution in [3.05, 3.63) is 51.5 Å². The van der Waals surface area contributed by atoms with Crippen molar-refractivity contribution in [1.82, 2.24) is 30.3 Å². The molecule has 9 nitrogen and oxygen atoms in total. The first-order valence-corrected chi connectivity index (χ1v) is 9.58. The van der Waals surface area contributed by atoms with Gasteiger partial charge < -0.3 is 10.4 Å². The molecule has 0 aliphatic heterocycles. The second-order valence-corrected chi connectivity index (χ2v) is 7.42. The SMILES string of the molecule is Cc1nc(C)c(C(=O)NCCCCc2cn(-c3cnccc3C(=O)O)nn2)s1. The number of rotatable bonds is 8. The monoisotopic (exact) mass is 400 g/mol. The summed E-state index contributed by atoms with van der Waals surface area (Å²) < 4.78 is 1.42. The number of aromatic carboxylic acids is 1. The molecule has 0 unspecified atom stereocenters. The number of hydrogen-bond donors (Lipinski definition) is 2. The Bertz CT molecular complexity index is 997. The Morgan fingerprint density at radius 1 is 1.29 bits per heavy atom. The summed E-state index contributed by atoms with van der Waals surface area (Å²) in [7, 11) is 0. The molecule has 0 atom stereocenters. The van der Waals surface area contributed by atoms with Gasteiger partial charge in [-0.2, -0.15) is 0 Å². The molecule has 0 fully saturated rings. The molecule has 0 bridgehead atoms. The van der Waals surface area contributed by atoms with Gasteiger partial charge in [0, 0.05) is 12.7 Å². The van der Waals surface area contributed by atoms with E-state index in [4.69, 9.17) is 0 Å². The van der Waals surface area contributed by atoms with Crippen LogP contribution in [0.5, 0.6) is 0 Å². The van der Waals surface area contributed by atoms with Gasteiger partial charge in [-0.3, -0.25) is 9.78 Å². The highest BCUT2D eigenvalue weighted by Gasteiger charge is 2.14. The van der Waals surface area contributed by atoms with Gasteiger partial charge in [-0.05, 0) is 39.2 Å². The van der Waals surface area contributed by atoms with Gasteiger partial charge >= 0.3 is 5.97 Å². The third-order valence-corrected chi connectivity index (χ3v) is 5.14. The lowest BCUT2D eigenvalue weighted by Crippen LogP contribution is -2.24. The minimum Gasteiger partial charge on any atom is -0.478 e. The summed E-state index contributed by atoms with van der Waals surface area (Å²) in [6.07, 6.45) is 6.86. The number of aryl methyl sites for hydroxylation is 3. The second kappa shape index (κ2) is 8.70. The van der Waals surface area contributed by atoms with Crippen molar-refractivity contribution in [3.63, 3.8) is 0 Å². The van der Waals surface area contributed by atoms with Gasteiger partial charge in [0.05, 0.1) is 40.0 Å². The largest absolute Gasteiger partial charge is 0.478 e. The fraction of sp³-hybridized carbons (Fsp3) is 0.333. The molecule has 3 aromatic rings. The molecule has 0 aliphatic carbocycles. The third kappa shape index (κ3) is 4.58. The van der Waals surface area contributed by atoms with E-state index in [9.17, 15) is 14.7 Å². The zero-order chi connectivity index (χ0) is 20.1. The lowest BCUT2D eigenvalue weighted by atomic mass is 10.2. The molecule has 3 aromatic heterocycles. The molecular formula is C18H20N6O3S. The minimum atomic E-state index is -1.04. The van der Waals surface area contributed by atoms with E-state index >= 15 is 0 Å². The van der Waals surface area contributed by atoms with Crippen LogP contribution in [0.15, 0.2) is 24.7 Å². The van der Waals surface area contributed by atoms with Crippen molar-refractivity contribution in [1.29, 1.82) is 0 Å². The molecule has 0 spiro atoms. The highest BCUT2D eigenvalue weighted by molar-refractivity contribution is 7.13. The van der Waals surface area contributed by atoms with Crippen LogP contribution in [0, 0.1) is 13.8 Å². The predicted molar refractivity (Wildman–Crippen MR) is 103 cm³/mol. The van der Waals surface area contributed by atoms with Gasteiger partial charge in [-0.25, -0.2) is 14.5 Å². The van der Waals surface area contributed by atoms with E-state index in [1.807, 2.05) is 13.8 Å². The van der Waals surface area contributed by atoms with E-state index in [0.29, 0.717) is 23.5 Å². The van der Waals surface area contributed by atoms with Crippen molar-refractivity contribution in [3.8, 4) is 5.69 Å². The van der Waals surface area contributed by atoms with Crippen LogP contribution >= 0.6 is 11.3 Å². The van der Waals surface area contributed by atoms with Gasteiger partial charge in [-0.1, -0.05) is 5.21 Å². The molecule has 1 amide bonds. The van der Waals surface area contributed by atoms with Crippen LogP contribution in [0.25, 0.3) is 5.69 Å². The summed E-state index contributed by atoms with van der Waals surface area (Å²) in [6, 6.07) is 1.42. The molecule has 10 heteroatoms. The average Bonchev–Trinajstić information content (AvgIpc) is 3.27.